The predicted molar refractivity (Wildman–Crippen MR) is 56.7 cm³/mol. The first kappa shape index (κ1) is 12.3. The number of hydrogen-bond acceptors (Lipinski definition) is 4. The molecule has 0 bridgehead atoms. The molecule has 0 saturated heterocycles. The highest BCUT2D eigenvalue weighted by atomic mass is 16.5. The highest BCUT2D eigenvalue weighted by Gasteiger charge is 2.24. The van der Waals surface area contributed by atoms with Crippen LogP contribution in [0.15, 0.2) is 6.07 Å². The number of carbonyl (C=O) groups is 1. The van der Waals surface area contributed by atoms with Crippen molar-refractivity contribution in [2.24, 2.45) is 0 Å². The van der Waals surface area contributed by atoms with E-state index < -0.39 is 12.1 Å². The Kier molecular flexibility index (Phi) is 3.39. The summed E-state index contributed by atoms with van der Waals surface area (Å²) in [5, 5.41) is 28.0. The summed E-state index contributed by atoms with van der Waals surface area (Å²) in [6, 6.07) is 1.58. The highest BCUT2D eigenvalue weighted by molar-refractivity contribution is 5.76. The smallest absolute Gasteiger partial charge is 0.337 e. The lowest BCUT2D eigenvalue weighted by atomic mass is 9.98. The molecule has 1 aromatic carbocycles. The molecule has 88 valence electrons. The Morgan fingerprint density at radius 1 is 1.44 bits per heavy atom. The molecule has 16 heavy (non-hydrogen) atoms. The van der Waals surface area contributed by atoms with Crippen LogP contribution >= 0.6 is 0 Å². The SMILES string of the molecule is COc1cc(C)c(C(O)C(=O)O)c(O)c1C. The second-order valence-corrected chi connectivity index (χ2v) is 3.52. The maximum Gasteiger partial charge on any atom is 0.337 e. The number of rotatable bonds is 3. The lowest BCUT2D eigenvalue weighted by Gasteiger charge is -2.16. The van der Waals surface area contributed by atoms with E-state index in [4.69, 9.17) is 9.84 Å². The summed E-state index contributed by atoms with van der Waals surface area (Å²) in [4.78, 5) is 10.7. The molecule has 0 saturated carbocycles. The van der Waals surface area contributed by atoms with E-state index in [0.717, 1.165) is 0 Å². The fraction of sp³-hybridized carbons (Fsp3) is 0.364. The van der Waals surface area contributed by atoms with Crippen LogP contribution in [0.4, 0.5) is 0 Å². The maximum absolute atomic E-state index is 10.7. The average Bonchev–Trinajstić information content (AvgIpc) is 2.23. The Balaban J connectivity index is 3.41. The van der Waals surface area contributed by atoms with Crippen molar-refractivity contribution in [2.75, 3.05) is 7.11 Å². The Morgan fingerprint density at radius 2 is 2.00 bits per heavy atom. The van der Waals surface area contributed by atoms with Crippen LogP contribution < -0.4 is 4.74 Å². The van der Waals surface area contributed by atoms with Crippen molar-refractivity contribution in [1.29, 1.82) is 0 Å². The van der Waals surface area contributed by atoms with Crippen LogP contribution in [-0.2, 0) is 4.79 Å². The average molecular weight is 226 g/mol. The number of aliphatic hydroxyl groups excluding tert-OH is 1. The van der Waals surface area contributed by atoms with Gasteiger partial charge in [-0.1, -0.05) is 0 Å². The minimum atomic E-state index is -1.73. The molecular weight excluding hydrogens is 212 g/mol. The third kappa shape index (κ3) is 1.94. The number of phenolic OH excluding ortho intramolecular Hbond substituents is 1. The number of hydrogen-bond donors (Lipinski definition) is 3. The van der Waals surface area contributed by atoms with Gasteiger partial charge in [0.15, 0.2) is 6.10 Å². The first-order chi connectivity index (χ1) is 7.40. The molecule has 0 aliphatic carbocycles. The topological polar surface area (TPSA) is 87.0 Å². The molecule has 1 rings (SSSR count). The molecule has 3 N–H and O–H groups in total. The van der Waals surface area contributed by atoms with Crippen LogP contribution in [0.3, 0.4) is 0 Å². The molecule has 0 aromatic heterocycles. The van der Waals surface area contributed by atoms with Crippen LogP contribution in [0.1, 0.15) is 22.8 Å². The van der Waals surface area contributed by atoms with E-state index in [0.29, 0.717) is 16.9 Å². The van der Waals surface area contributed by atoms with Crippen molar-refractivity contribution < 1.29 is 24.9 Å². The summed E-state index contributed by atoms with van der Waals surface area (Å²) in [6.45, 7) is 3.19. The van der Waals surface area contributed by atoms with Gasteiger partial charge in [-0.3, -0.25) is 0 Å². The Labute approximate surface area is 92.9 Å². The second-order valence-electron chi connectivity index (χ2n) is 3.52. The van der Waals surface area contributed by atoms with Gasteiger partial charge in [-0.25, -0.2) is 4.79 Å². The van der Waals surface area contributed by atoms with Crippen molar-refractivity contribution >= 4 is 5.97 Å². The molecule has 1 aromatic rings. The summed E-state index contributed by atoms with van der Waals surface area (Å²) in [7, 11) is 1.45. The molecule has 0 spiro atoms. The first-order valence-corrected chi connectivity index (χ1v) is 4.68. The number of aromatic hydroxyl groups is 1. The molecule has 0 fully saturated rings. The van der Waals surface area contributed by atoms with Gasteiger partial charge in [-0.05, 0) is 25.5 Å². The van der Waals surface area contributed by atoms with Gasteiger partial charge in [0.2, 0.25) is 0 Å². The monoisotopic (exact) mass is 226 g/mol. The quantitative estimate of drug-likeness (QED) is 0.719. The Hall–Kier alpha value is -1.75. The molecule has 0 amide bonds. The molecule has 0 aliphatic rings. The molecule has 0 radical (unpaired) electrons. The van der Waals surface area contributed by atoms with Gasteiger partial charge >= 0.3 is 5.97 Å². The van der Waals surface area contributed by atoms with Crippen LogP contribution in [0.5, 0.6) is 11.5 Å². The van der Waals surface area contributed by atoms with Gasteiger partial charge in [-0.15, -0.1) is 0 Å². The summed E-state index contributed by atoms with van der Waals surface area (Å²) < 4.78 is 5.01. The summed E-state index contributed by atoms with van der Waals surface area (Å²) in [5.41, 5.74) is 0.879. The number of aliphatic carboxylic acids is 1. The fourth-order valence-electron chi connectivity index (χ4n) is 1.57. The van der Waals surface area contributed by atoms with Gasteiger partial charge < -0.3 is 20.1 Å². The minimum Gasteiger partial charge on any atom is -0.507 e. The summed E-state index contributed by atoms with van der Waals surface area (Å²) in [6.07, 6.45) is -1.73. The third-order valence-electron chi connectivity index (χ3n) is 2.48. The zero-order chi connectivity index (χ0) is 12.5. The molecule has 5 heteroatoms. The molecular formula is C11H14O5. The molecule has 1 atom stereocenters. The van der Waals surface area contributed by atoms with Crippen LogP contribution in [0.2, 0.25) is 0 Å². The largest absolute Gasteiger partial charge is 0.507 e. The zero-order valence-corrected chi connectivity index (χ0v) is 9.31. The van der Waals surface area contributed by atoms with E-state index >= 15 is 0 Å². The summed E-state index contributed by atoms with van der Waals surface area (Å²) >= 11 is 0. The third-order valence-corrected chi connectivity index (χ3v) is 2.48. The van der Waals surface area contributed by atoms with Gasteiger partial charge in [0.1, 0.15) is 11.5 Å². The predicted octanol–water partition coefficient (Wildman–Crippen LogP) is 1.14. The van der Waals surface area contributed by atoms with E-state index in [1.807, 2.05) is 0 Å². The number of carboxylic acids is 1. The Morgan fingerprint density at radius 3 is 2.44 bits per heavy atom. The Bertz CT molecular complexity index is 425. The molecule has 5 nitrogen and oxygen atoms in total. The number of benzene rings is 1. The van der Waals surface area contributed by atoms with Crippen LogP contribution in [0, 0.1) is 13.8 Å². The van der Waals surface area contributed by atoms with Gasteiger partial charge in [0.05, 0.1) is 7.11 Å². The van der Waals surface area contributed by atoms with E-state index in [1.54, 1.807) is 19.9 Å². The second kappa shape index (κ2) is 4.40. The van der Waals surface area contributed by atoms with Crippen molar-refractivity contribution in [3.05, 3.63) is 22.8 Å². The first-order valence-electron chi connectivity index (χ1n) is 4.68. The number of phenols is 1. The minimum absolute atomic E-state index is 0.00537. The number of aryl methyl sites for hydroxylation is 1. The van der Waals surface area contributed by atoms with Gasteiger partial charge in [0, 0.05) is 11.1 Å². The zero-order valence-electron chi connectivity index (χ0n) is 9.31. The molecule has 0 heterocycles. The van der Waals surface area contributed by atoms with Gasteiger partial charge in [0.25, 0.3) is 0 Å². The number of aliphatic hydroxyl groups is 1. The molecule has 0 aliphatic heterocycles. The summed E-state index contributed by atoms with van der Waals surface area (Å²) in [5.74, 6) is -1.19. The molecule has 1 unspecified atom stereocenters. The van der Waals surface area contributed by atoms with Crippen LogP contribution in [-0.4, -0.2) is 28.4 Å². The van der Waals surface area contributed by atoms with E-state index in [2.05, 4.69) is 0 Å². The number of ether oxygens (including phenoxy) is 1. The van der Waals surface area contributed by atoms with E-state index in [1.165, 1.54) is 7.11 Å². The van der Waals surface area contributed by atoms with Crippen LogP contribution in [0.25, 0.3) is 0 Å². The van der Waals surface area contributed by atoms with E-state index in [-0.39, 0.29) is 11.3 Å². The lowest BCUT2D eigenvalue weighted by Crippen LogP contribution is -2.12. The van der Waals surface area contributed by atoms with E-state index in [9.17, 15) is 15.0 Å². The fourth-order valence-corrected chi connectivity index (χ4v) is 1.57. The number of methoxy groups -OCH3 is 1. The standard InChI is InChI=1S/C11H14O5/c1-5-4-7(16-3)6(2)9(12)8(5)10(13)11(14)15/h4,10,12-13H,1-3H3,(H,14,15). The van der Waals surface area contributed by atoms with Crippen molar-refractivity contribution in [3.63, 3.8) is 0 Å². The number of carboxylic acid groups (broad SMARTS) is 1. The lowest BCUT2D eigenvalue weighted by molar-refractivity contribution is -0.147. The maximum atomic E-state index is 10.7. The van der Waals surface area contributed by atoms with Crippen molar-refractivity contribution in [1.82, 2.24) is 0 Å². The highest BCUT2D eigenvalue weighted by Crippen LogP contribution is 2.36. The normalized spacial score (nSPS) is 12.2. The van der Waals surface area contributed by atoms with Crippen molar-refractivity contribution in [2.45, 2.75) is 20.0 Å². The van der Waals surface area contributed by atoms with Gasteiger partial charge in [-0.2, -0.15) is 0 Å². The van der Waals surface area contributed by atoms with Crippen molar-refractivity contribution in [3.8, 4) is 11.5 Å².